The zero-order valence-corrected chi connectivity index (χ0v) is 12.0. The van der Waals surface area contributed by atoms with Gasteiger partial charge in [0.25, 0.3) is 0 Å². The summed E-state index contributed by atoms with van der Waals surface area (Å²) in [6.07, 6.45) is 1.07. The summed E-state index contributed by atoms with van der Waals surface area (Å²) in [5.74, 6) is 1.28. The lowest BCUT2D eigenvalue weighted by Gasteiger charge is -2.11. The van der Waals surface area contributed by atoms with Crippen molar-refractivity contribution in [2.75, 3.05) is 13.7 Å². The molecule has 6 heteroatoms. The van der Waals surface area contributed by atoms with Crippen LogP contribution in [0.25, 0.3) is 0 Å². The van der Waals surface area contributed by atoms with Gasteiger partial charge in [-0.15, -0.1) is 0 Å². The fourth-order valence-corrected chi connectivity index (χ4v) is 1.51. The molecule has 0 aliphatic heterocycles. The molecule has 1 aromatic carbocycles. The Morgan fingerprint density at radius 2 is 2.10 bits per heavy atom. The average molecular weight is 280 g/mol. The number of unbranched alkanes of at least 4 members (excludes halogenated alkanes) is 1. The van der Waals surface area contributed by atoms with Gasteiger partial charge >= 0.3 is 6.09 Å². The van der Waals surface area contributed by atoms with E-state index in [2.05, 4.69) is 16.9 Å². The minimum absolute atomic E-state index is 0.520. The number of rotatable bonds is 7. The van der Waals surface area contributed by atoms with E-state index < -0.39 is 6.09 Å². The van der Waals surface area contributed by atoms with Crippen LogP contribution in [0.5, 0.6) is 11.5 Å². The number of amides is 1. The van der Waals surface area contributed by atoms with E-state index in [1.54, 1.807) is 32.2 Å². The van der Waals surface area contributed by atoms with Gasteiger partial charge in [-0.05, 0) is 31.5 Å². The highest BCUT2D eigenvalue weighted by atomic mass is 16.7. The van der Waals surface area contributed by atoms with Crippen LogP contribution in [0.3, 0.4) is 0 Å². The summed E-state index contributed by atoms with van der Waals surface area (Å²) >= 11 is 0. The van der Waals surface area contributed by atoms with Gasteiger partial charge in [0.1, 0.15) is 0 Å². The molecular weight excluding hydrogens is 260 g/mol. The standard InChI is InChI=1S/C14H20N2O4/c1-4-5-8-19-13-9-11(6-7-12(13)18-3)10(2)16-20-14(15)17/h6-7,9H,4-5,8H2,1-3H3,(H2,15,17)/b16-10+. The van der Waals surface area contributed by atoms with Crippen molar-refractivity contribution in [3.8, 4) is 11.5 Å². The minimum atomic E-state index is -0.947. The summed E-state index contributed by atoms with van der Waals surface area (Å²) in [7, 11) is 1.58. The highest BCUT2D eigenvalue weighted by molar-refractivity contribution is 5.99. The smallest absolute Gasteiger partial charge is 0.430 e. The predicted octanol–water partition coefficient (Wildman–Crippen LogP) is 2.69. The summed E-state index contributed by atoms with van der Waals surface area (Å²) in [4.78, 5) is 14.9. The largest absolute Gasteiger partial charge is 0.493 e. The molecule has 0 unspecified atom stereocenters. The van der Waals surface area contributed by atoms with Crippen molar-refractivity contribution in [1.82, 2.24) is 0 Å². The molecule has 0 fully saturated rings. The molecule has 0 aromatic heterocycles. The monoisotopic (exact) mass is 280 g/mol. The number of ether oxygens (including phenoxy) is 2. The van der Waals surface area contributed by atoms with Crippen molar-refractivity contribution in [1.29, 1.82) is 0 Å². The van der Waals surface area contributed by atoms with Crippen LogP contribution >= 0.6 is 0 Å². The van der Waals surface area contributed by atoms with E-state index in [4.69, 9.17) is 15.2 Å². The molecule has 0 saturated heterocycles. The maximum absolute atomic E-state index is 10.5. The lowest BCUT2D eigenvalue weighted by Crippen LogP contribution is -2.11. The Labute approximate surface area is 118 Å². The molecular formula is C14H20N2O4. The molecule has 0 saturated carbocycles. The molecule has 0 aliphatic carbocycles. The third-order valence-electron chi connectivity index (χ3n) is 2.61. The first-order valence-corrected chi connectivity index (χ1v) is 6.40. The van der Waals surface area contributed by atoms with E-state index in [0.717, 1.165) is 18.4 Å². The lowest BCUT2D eigenvalue weighted by molar-refractivity contribution is 0.161. The number of benzene rings is 1. The predicted molar refractivity (Wildman–Crippen MR) is 76.3 cm³/mol. The normalized spacial score (nSPS) is 11.1. The Hall–Kier alpha value is -2.24. The van der Waals surface area contributed by atoms with Crippen LogP contribution in [0.4, 0.5) is 4.79 Å². The maximum atomic E-state index is 10.5. The molecule has 1 amide bonds. The molecule has 20 heavy (non-hydrogen) atoms. The van der Waals surface area contributed by atoms with Gasteiger partial charge in [0.15, 0.2) is 11.5 Å². The summed E-state index contributed by atoms with van der Waals surface area (Å²) in [5, 5.41) is 3.63. The molecule has 0 aliphatic rings. The Balaban J connectivity index is 2.90. The van der Waals surface area contributed by atoms with E-state index in [0.29, 0.717) is 23.8 Å². The second-order valence-electron chi connectivity index (χ2n) is 4.15. The van der Waals surface area contributed by atoms with Crippen molar-refractivity contribution >= 4 is 11.8 Å². The molecule has 110 valence electrons. The number of primary amides is 1. The number of nitrogens with two attached hydrogens (primary N) is 1. The summed E-state index contributed by atoms with van der Waals surface area (Å²) in [5.41, 5.74) is 6.15. The van der Waals surface area contributed by atoms with Crippen LogP contribution in [-0.4, -0.2) is 25.5 Å². The van der Waals surface area contributed by atoms with E-state index in [9.17, 15) is 4.79 Å². The first kappa shape index (κ1) is 15.8. The zero-order valence-electron chi connectivity index (χ0n) is 12.0. The number of carbonyl (C=O) groups is 1. The molecule has 0 bridgehead atoms. The maximum Gasteiger partial charge on any atom is 0.430 e. The van der Waals surface area contributed by atoms with Gasteiger partial charge in [-0.25, -0.2) is 4.79 Å². The molecule has 0 heterocycles. The van der Waals surface area contributed by atoms with Gasteiger partial charge in [0, 0.05) is 5.56 Å². The Morgan fingerprint density at radius 1 is 1.35 bits per heavy atom. The number of carbonyl (C=O) groups excluding carboxylic acids is 1. The van der Waals surface area contributed by atoms with Gasteiger partial charge < -0.3 is 15.2 Å². The number of nitrogens with zero attached hydrogens (tertiary/aromatic N) is 1. The van der Waals surface area contributed by atoms with Crippen LogP contribution in [0.2, 0.25) is 0 Å². The molecule has 6 nitrogen and oxygen atoms in total. The molecule has 0 spiro atoms. The van der Waals surface area contributed by atoms with Crippen LogP contribution in [0.15, 0.2) is 23.4 Å². The summed E-state index contributed by atoms with van der Waals surface area (Å²) in [6, 6.07) is 5.37. The van der Waals surface area contributed by atoms with E-state index >= 15 is 0 Å². The van der Waals surface area contributed by atoms with Crippen molar-refractivity contribution in [2.45, 2.75) is 26.7 Å². The van der Waals surface area contributed by atoms with Gasteiger partial charge in [0.05, 0.1) is 19.4 Å². The molecule has 1 rings (SSSR count). The number of hydrogen-bond donors (Lipinski definition) is 1. The van der Waals surface area contributed by atoms with Crippen molar-refractivity contribution < 1.29 is 19.1 Å². The Kier molecular flexibility index (Phi) is 6.36. The van der Waals surface area contributed by atoms with Gasteiger partial charge in [0.2, 0.25) is 0 Å². The third-order valence-corrected chi connectivity index (χ3v) is 2.61. The number of oxime groups is 1. The van der Waals surface area contributed by atoms with Crippen molar-refractivity contribution in [3.05, 3.63) is 23.8 Å². The SMILES string of the molecule is CCCCOc1cc(/C(C)=N/OC(N)=O)ccc1OC. The van der Waals surface area contributed by atoms with Gasteiger partial charge in [-0.2, -0.15) is 0 Å². The van der Waals surface area contributed by atoms with E-state index in [1.165, 1.54) is 0 Å². The lowest BCUT2D eigenvalue weighted by atomic mass is 10.1. The quantitative estimate of drug-likeness (QED) is 0.360. The average Bonchev–Trinajstić information content (AvgIpc) is 2.44. The number of methoxy groups -OCH3 is 1. The Bertz CT molecular complexity index is 486. The van der Waals surface area contributed by atoms with Gasteiger partial charge in [-0.3, -0.25) is 4.84 Å². The second-order valence-corrected chi connectivity index (χ2v) is 4.15. The van der Waals surface area contributed by atoms with Crippen LogP contribution in [-0.2, 0) is 4.84 Å². The fourth-order valence-electron chi connectivity index (χ4n) is 1.51. The zero-order chi connectivity index (χ0) is 15.0. The highest BCUT2D eigenvalue weighted by Gasteiger charge is 2.08. The fraction of sp³-hybridized carbons (Fsp3) is 0.429. The minimum Gasteiger partial charge on any atom is -0.493 e. The van der Waals surface area contributed by atoms with Crippen LogP contribution in [0, 0.1) is 0 Å². The van der Waals surface area contributed by atoms with E-state index in [-0.39, 0.29) is 0 Å². The molecule has 2 N–H and O–H groups in total. The first-order chi connectivity index (χ1) is 9.58. The third kappa shape index (κ3) is 4.79. The van der Waals surface area contributed by atoms with Crippen LogP contribution < -0.4 is 15.2 Å². The van der Waals surface area contributed by atoms with Crippen LogP contribution in [0.1, 0.15) is 32.3 Å². The van der Waals surface area contributed by atoms with Crippen molar-refractivity contribution in [3.63, 3.8) is 0 Å². The first-order valence-electron chi connectivity index (χ1n) is 6.40. The summed E-state index contributed by atoms with van der Waals surface area (Å²) in [6.45, 7) is 4.42. The topological polar surface area (TPSA) is 83.1 Å². The molecule has 0 atom stereocenters. The second kappa shape index (κ2) is 8.04. The molecule has 0 radical (unpaired) electrons. The summed E-state index contributed by atoms with van der Waals surface area (Å²) < 4.78 is 10.9. The highest BCUT2D eigenvalue weighted by Crippen LogP contribution is 2.28. The van der Waals surface area contributed by atoms with Crippen molar-refractivity contribution in [2.24, 2.45) is 10.9 Å². The molecule has 1 aromatic rings. The Morgan fingerprint density at radius 3 is 2.70 bits per heavy atom. The van der Waals surface area contributed by atoms with E-state index in [1.807, 2.05) is 0 Å². The van der Waals surface area contributed by atoms with Gasteiger partial charge in [-0.1, -0.05) is 18.5 Å². The number of hydrogen-bond acceptors (Lipinski definition) is 5.